The number of likely N-dealkylation sites (tertiary alicyclic amines) is 1. The fourth-order valence-electron chi connectivity index (χ4n) is 4.45. The molecular weight excluding hydrogens is 368 g/mol. The Labute approximate surface area is 169 Å². The largest absolute Gasteiger partial charge is 0.464 e. The molecule has 0 amide bonds. The Balaban J connectivity index is 1.31. The van der Waals surface area contributed by atoms with Crippen LogP contribution in [0.2, 0.25) is 0 Å². The smallest absolute Gasteiger partial charge is 0.269 e. The molecule has 0 N–H and O–H groups in total. The van der Waals surface area contributed by atoms with Gasteiger partial charge < -0.3 is 14.1 Å². The van der Waals surface area contributed by atoms with Gasteiger partial charge in [-0.25, -0.2) is 4.68 Å². The summed E-state index contributed by atoms with van der Waals surface area (Å²) in [5.41, 5.74) is 3.00. The van der Waals surface area contributed by atoms with E-state index < -0.39 is 0 Å². The van der Waals surface area contributed by atoms with Crippen LogP contribution in [0.25, 0.3) is 11.0 Å². The average molecular weight is 394 g/mol. The summed E-state index contributed by atoms with van der Waals surface area (Å²) in [6.45, 7) is 5.68. The maximum absolute atomic E-state index is 12.8. The van der Waals surface area contributed by atoms with Crippen molar-refractivity contribution in [1.29, 1.82) is 0 Å². The van der Waals surface area contributed by atoms with Gasteiger partial charge in [0.15, 0.2) is 0 Å². The van der Waals surface area contributed by atoms with Gasteiger partial charge >= 0.3 is 0 Å². The highest BCUT2D eigenvalue weighted by Crippen LogP contribution is 2.26. The van der Waals surface area contributed by atoms with Crippen LogP contribution >= 0.6 is 0 Å². The third kappa shape index (κ3) is 3.80. The van der Waals surface area contributed by atoms with E-state index in [2.05, 4.69) is 21.0 Å². The van der Waals surface area contributed by atoms with Gasteiger partial charge in [0.05, 0.1) is 37.4 Å². The number of rotatable bonds is 4. The van der Waals surface area contributed by atoms with Crippen LogP contribution in [0.3, 0.4) is 0 Å². The number of ether oxygens (including phenoxy) is 1. The second-order valence-electron chi connectivity index (χ2n) is 7.88. The molecule has 2 saturated heterocycles. The van der Waals surface area contributed by atoms with Gasteiger partial charge in [0.2, 0.25) is 0 Å². The molecule has 29 heavy (non-hydrogen) atoms. The molecule has 0 saturated carbocycles. The fourth-order valence-corrected chi connectivity index (χ4v) is 4.45. The number of aromatic nitrogens is 2. The average Bonchev–Trinajstić information content (AvgIpc) is 3.17. The topological polar surface area (TPSA) is 63.7 Å². The highest BCUT2D eigenvalue weighted by molar-refractivity contribution is 5.80. The van der Waals surface area contributed by atoms with Gasteiger partial charge in [-0.15, -0.1) is 0 Å². The first-order valence-corrected chi connectivity index (χ1v) is 10.4. The standard InChI is InChI=1S/C22H26N4O3/c27-22-12-19(25-8-10-28-11-9-25)13-23-26(22)18-4-3-7-24(15-18)14-17-16-29-21-6-2-1-5-20(17)21/h1-2,5-6,12-13,16,18H,3-4,7-11,14-15H2/t18-/m1/s1. The molecule has 3 aromatic rings. The lowest BCUT2D eigenvalue weighted by Gasteiger charge is -2.33. The zero-order valence-electron chi connectivity index (χ0n) is 16.5. The Morgan fingerprint density at radius 2 is 2.00 bits per heavy atom. The van der Waals surface area contributed by atoms with Crippen LogP contribution < -0.4 is 10.5 Å². The van der Waals surface area contributed by atoms with Crippen molar-refractivity contribution in [3.05, 3.63) is 58.7 Å². The summed E-state index contributed by atoms with van der Waals surface area (Å²) in [6, 6.07) is 9.96. The van der Waals surface area contributed by atoms with Crippen LogP contribution in [-0.4, -0.2) is 54.1 Å². The van der Waals surface area contributed by atoms with Crippen molar-refractivity contribution in [3.63, 3.8) is 0 Å². The van der Waals surface area contributed by atoms with Crippen molar-refractivity contribution in [1.82, 2.24) is 14.7 Å². The second kappa shape index (κ2) is 8.00. The monoisotopic (exact) mass is 394 g/mol. The van der Waals surface area contributed by atoms with Gasteiger partial charge in [0, 0.05) is 43.2 Å². The predicted molar refractivity (Wildman–Crippen MR) is 111 cm³/mol. The van der Waals surface area contributed by atoms with Gasteiger partial charge in [-0.05, 0) is 25.5 Å². The molecule has 1 atom stereocenters. The summed E-state index contributed by atoms with van der Waals surface area (Å²) >= 11 is 0. The van der Waals surface area contributed by atoms with E-state index in [4.69, 9.17) is 9.15 Å². The van der Waals surface area contributed by atoms with Crippen LogP contribution in [0, 0.1) is 0 Å². The number of para-hydroxylation sites is 1. The first-order chi connectivity index (χ1) is 14.3. The molecule has 152 valence electrons. The molecule has 7 heteroatoms. The van der Waals surface area contributed by atoms with E-state index in [-0.39, 0.29) is 11.6 Å². The normalized spacial score (nSPS) is 21.0. The van der Waals surface area contributed by atoms with Crippen LogP contribution in [0.5, 0.6) is 0 Å². The maximum Gasteiger partial charge on any atom is 0.269 e. The second-order valence-corrected chi connectivity index (χ2v) is 7.88. The lowest BCUT2D eigenvalue weighted by molar-refractivity contribution is 0.122. The lowest BCUT2D eigenvalue weighted by Crippen LogP contribution is -2.41. The Bertz CT molecular complexity index is 1040. The molecule has 7 nitrogen and oxygen atoms in total. The first-order valence-electron chi connectivity index (χ1n) is 10.4. The minimum absolute atomic E-state index is 0.0189. The van der Waals surface area contributed by atoms with E-state index >= 15 is 0 Å². The molecular formula is C22H26N4O3. The van der Waals surface area contributed by atoms with Crippen LogP contribution in [0.1, 0.15) is 24.4 Å². The van der Waals surface area contributed by atoms with E-state index in [1.54, 1.807) is 10.7 Å². The summed E-state index contributed by atoms with van der Waals surface area (Å²) in [4.78, 5) is 17.4. The summed E-state index contributed by atoms with van der Waals surface area (Å²) < 4.78 is 12.7. The molecule has 0 spiro atoms. The Morgan fingerprint density at radius 1 is 1.14 bits per heavy atom. The van der Waals surface area contributed by atoms with E-state index in [9.17, 15) is 4.79 Å². The summed E-state index contributed by atoms with van der Waals surface area (Å²) in [7, 11) is 0. The minimum atomic E-state index is -0.0189. The number of anilines is 1. The summed E-state index contributed by atoms with van der Waals surface area (Å²) in [5.74, 6) is 0. The summed E-state index contributed by atoms with van der Waals surface area (Å²) in [5, 5.41) is 5.70. The Morgan fingerprint density at radius 3 is 2.86 bits per heavy atom. The van der Waals surface area contributed by atoms with Crippen molar-refractivity contribution in [3.8, 4) is 0 Å². The van der Waals surface area contributed by atoms with Crippen molar-refractivity contribution >= 4 is 16.7 Å². The molecule has 0 bridgehead atoms. The summed E-state index contributed by atoms with van der Waals surface area (Å²) in [6.07, 6.45) is 5.72. The fraction of sp³-hybridized carbons (Fsp3) is 0.455. The van der Waals surface area contributed by atoms with Gasteiger partial charge in [-0.2, -0.15) is 5.10 Å². The Kier molecular flexibility index (Phi) is 5.08. The molecule has 0 aliphatic carbocycles. The molecule has 0 radical (unpaired) electrons. The number of fused-ring (bicyclic) bond motifs is 1. The highest BCUT2D eigenvalue weighted by atomic mass is 16.5. The van der Waals surface area contributed by atoms with Crippen molar-refractivity contribution in [2.75, 3.05) is 44.3 Å². The van der Waals surface area contributed by atoms with Gasteiger partial charge in [0.1, 0.15) is 5.58 Å². The van der Waals surface area contributed by atoms with Crippen LogP contribution in [0.4, 0.5) is 5.69 Å². The number of hydrogen-bond donors (Lipinski definition) is 0. The lowest BCUT2D eigenvalue weighted by atomic mass is 10.0. The number of nitrogens with zero attached hydrogens (tertiary/aromatic N) is 4. The number of benzene rings is 1. The molecule has 1 aromatic carbocycles. The molecule has 2 fully saturated rings. The molecule has 2 aliphatic rings. The number of hydrogen-bond acceptors (Lipinski definition) is 6. The van der Waals surface area contributed by atoms with E-state index in [1.165, 1.54) is 10.9 Å². The SMILES string of the molecule is O=c1cc(N2CCOCC2)cnn1[C@@H]1CCCN(Cc2coc3ccccc23)C1. The molecule has 2 aromatic heterocycles. The van der Waals surface area contributed by atoms with Crippen molar-refractivity contribution in [2.45, 2.75) is 25.4 Å². The van der Waals surface area contributed by atoms with E-state index in [0.29, 0.717) is 13.2 Å². The van der Waals surface area contributed by atoms with Crippen molar-refractivity contribution in [2.24, 2.45) is 0 Å². The van der Waals surface area contributed by atoms with Gasteiger partial charge in [-0.3, -0.25) is 9.69 Å². The van der Waals surface area contributed by atoms with Gasteiger partial charge in [0.25, 0.3) is 5.56 Å². The molecule has 0 unspecified atom stereocenters. The van der Waals surface area contributed by atoms with Crippen LogP contribution in [-0.2, 0) is 11.3 Å². The first kappa shape index (κ1) is 18.4. The third-order valence-corrected chi connectivity index (χ3v) is 5.97. The molecule has 4 heterocycles. The van der Waals surface area contributed by atoms with Crippen molar-refractivity contribution < 1.29 is 9.15 Å². The quantitative estimate of drug-likeness (QED) is 0.678. The van der Waals surface area contributed by atoms with Gasteiger partial charge in [-0.1, -0.05) is 18.2 Å². The predicted octanol–water partition coefficient (Wildman–Crippen LogP) is 2.66. The maximum atomic E-state index is 12.8. The number of piperidine rings is 1. The van der Waals surface area contributed by atoms with Crippen LogP contribution in [0.15, 0.2) is 52.0 Å². The zero-order valence-corrected chi connectivity index (χ0v) is 16.5. The highest BCUT2D eigenvalue weighted by Gasteiger charge is 2.24. The number of morpholine rings is 1. The van der Waals surface area contributed by atoms with E-state index in [1.807, 2.05) is 30.7 Å². The zero-order chi connectivity index (χ0) is 19.6. The van der Waals surface area contributed by atoms with E-state index in [0.717, 1.165) is 56.8 Å². The molecule has 5 rings (SSSR count). The molecule has 2 aliphatic heterocycles. The number of furan rings is 1. The minimum Gasteiger partial charge on any atom is -0.464 e. The Hall–Kier alpha value is -2.64. The third-order valence-electron chi connectivity index (χ3n) is 5.97.